The van der Waals surface area contributed by atoms with Crippen LogP contribution in [0.25, 0.3) is 0 Å². The van der Waals surface area contributed by atoms with Crippen LogP contribution in [-0.4, -0.2) is 40.6 Å². The second-order valence-corrected chi connectivity index (χ2v) is 19.9. The van der Waals surface area contributed by atoms with Gasteiger partial charge >= 0.3 is 0 Å². The molecule has 0 radical (unpaired) electrons. The summed E-state index contributed by atoms with van der Waals surface area (Å²) in [6.45, 7) is 23.0. The van der Waals surface area contributed by atoms with Gasteiger partial charge in [0.15, 0.2) is 16.6 Å². The summed E-state index contributed by atoms with van der Waals surface area (Å²) in [6, 6.07) is 0. The molecule has 0 aromatic rings. The van der Waals surface area contributed by atoms with Gasteiger partial charge in [0, 0.05) is 6.61 Å². The van der Waals surface area contributed by atoms with E-state index in [0.717, 1.165) is 25.9 Å². The van der Waals surface area contributed by atoms with Crippen LogP contribution in [-0.2, 0) is 8.85 Å². The molecule has 0 aliphatic heterocycles. The molecule has 0 spiro atoms. The minimum Gasteiger partial charge on any atom is -0.417 e. The van der Waals surface area contributed by atoms with Gasteiger partial charge in [-0.1, -0.05) is 47.5 Å². The average molecular weight is 411 g/mol. The molecule has 0 aromatic carbocycles. The highest BCUT2D eigenvalue weighted by molar-refractivity contribution is 6.74. The van der Waals surface area contributed by atoms with Gasteiger partial charge in [-0.15, -0.1) is 6.42 Å². The normalized spacial score (nSPS) is 15.5. The van der Waals surface area contributed by atoms with Crippen molar-refractivity contribution >= 4 is 16.6 Å². The molecule has 1 N–H and O–H groups in total. The maximum Gasteiger partial charge on any atom is 0.192 e. The van der Waals surface area contributed by atoms with Crippen LogP contribution in [0, 0.1) is 24.2 Å². The Kier molecular flexibility index (Phi) is 10.1. The van der Waals surface area contributed by atoms with Gasteiger partial charge in [0.05, 0.1) is 6.10 Å². The van der Waals surface area contributed by atoms with Crippen LogP contribution in [0.4, 0.5) is 0 Å². The fourth-order valence-electron chi connectivity index (χ4n) is 2.04. The van der Waals surface area contributed by atoms with E-state index < -0.39 is 22.7 Å². The van der Waals surface area contributed by atoms with E-state index in [0.29, 0.717) is 0 Å². The molecule has 0 amide bonds. The quantitative estimate of drug-likeness (QED) is 0.307. The van der Waals surface area contributed by atoms with Gasteiger partial charge in [-0.25, -0.2) is 0 Å². The van der Waals surface area contributed by atoms with Gasteiger partial charge in [0.2, 0.25) is 0 Å². The number of hydrogen-bond acceptors (Lipinski definition) is 3. The minimum absolute atomic E-state index is 0.0793. The lowest BCUT2D eigenvalue weighted by atomic mass is 10.1. The molecule has 0 heterocycles. The second kappa shape index (κ2) is 10.3. The van der Waals surface area contributed by atoms with Crippen LogP contribution in [0.3, 0.4) is 0 Å². The molecule has 0 saturated heterocycles. The third-order valence-electron chi connectivity index (χ3n) is 6.05. The van der Waals surface area contributed by atoms with Crippen molar-refractivity contribution in [3.63, 3.8) is 0 Å². The summed E-state index contributed by atoms with van der Waals surface area (Å²) in [7, 11) is -3.70. The fraction of sp³-hybridized carbons (Fsp3) is 0.818. The Hall–Kier alpha value is -0.566. The van der Waals surface area contributed by atoms with Crippen molar-refractivity contribution in [3.05, 3.63) is 0 Å². The first-order valence-electron chi connectivity index (χ1n) is 10.0. The Morgan fingerprint density at radius 2 is 1.44 bits per heavy atom. The Balaban J connectivity index is 4.83. The Morgan fingerprint density at radius 1 is 0.926 bits per heavy atom. The molecule has 3 nitrogen and oxygen atoms in total. The van der Waals surface area contributed by atoms with Gasteiger partial charge in [-0.2, -0.15) is 0 Å². The number of hydrogen-bond donors (Lipinski definition) is 1. The Labute approximate surface area is 170 Å². The van der Waals surface area contributed by atoms with E-state index in [-0.39, 0.29) is 16.2 Å². The van der Waals surface area contributed by atoms with Gasteiger partial charge in [-0.3, -0.25) is 0 Å². The van der Waals surface area contributed by atoms with Crippen molar-refractivity contribution in [2.75, 3.05) is 6.61 Å². The van der Waals surface area contributed by atoms with E-state index in [9.17, 15) is 5.11 Å². The summed E-state index contributed by atoms with van der Waals surface area (Å²) in [6.07, 6.45) is 6.70. The molecule has 0 rings (SSSR count). The topological polar surface area (TPSA) is 38.7 Å². The van der Waals surface area contributed by atoms with Crippen molar-refractivity contribution in [1.29, 1.82) is 0 Å². The van der Waals surface area contributed by atoms with E-state index in [1.807, 2.05) is 0 Å². The maximum atomic E-state index is 10.5. The van der Waals surface area contributed by atoms with Gasteiger partial charge in [0.25, 0.3) is 0 Å². The highest BCUT2D eigenvalue weighted by Gasteiger charge is 2.40. The molecular formula is C22H42O3Si2. The molecule has 1 unspecified atom stereocenters. The van der Waals surface area contributed by atoms with Crippen LogP contribution >= 0.6 is 0 Å². The zero-order chi connectivity index (χ0) is 21.5. The van der Waals surface area contributed by atoms with Gasteiger partial charge < -0.3 is 14.0 Å². The van der Waals surface area contributed by atoms with Crippen molar-refractivity contribution < 1.29 is 14.0 Å². The van der Waals surface area contributed by atoms with Gasteiger partial charge in [0.1, 0.15) is 6.10 Å². The number of unbranched alkanes of at least 4 members (excludes halogenated alkanes) is 1. The molecule has 2 atom stereocenters. The van der Waals surface area contributed by atoms with Crippen molar-refractivity contribution in [1.82, 2.24) is 0 Å². The lowest BCUT2D eigenvalue weighted by Crippen LogP contribution is -2.47. The molecule has 0 saturated carbocycles. The molecule has 0 bridgehead atoms. The third kappa shape index (κ3) is 8.98. The molecule has 0 aromatic heterocycles. The standard InChI is InChI=1S/C22H42O3Si2/c1-12-13-16-19(23)20(25-27(10,11)22(5,6)7)17-14-15-18-24-26(8,9)21(2,3)4/h1,19-20,23H,14-15,17-18H2,2-11H3/t19-,20?/m0/s1. The molecule has 156 valence electrons. The summed E-state index contributed by atoms with van der Waals surface area (Å²) < 4.78 is 12.7. The van der Waals surface area contributed by atoms with Crippen LogP contribution in [0.5, 0.6) is 0 Å². The number of rotatable bonds is 9. The molecule has 0 aliphatic rings. The van der Waals surface area contributed by atoms with E-state index in [2.05, 4.69) is 85.5 Å². The monoisotopic (exact) mass is 410 g/mol. The number of terminal acetylenes is 1. The molecule has 0 aliphatic carbocycles. The number of aliphatic hydroxyl groups is 1. The highest BCUT2D eigenvalue weighted by Crippen LogP contribution is 2.38. The summed E-state index contributed by atoms with van der Waals surface area (Å²) in [5, 5.41) is 10.8. The SMILES string of the molecule is C#CC#C[C@H](O)C(CCCCO[Si](C)(C)C(C)(C)C)O[Si](C)(C)C(C)(C)C. The lowest BCUT2D eigenvalue weighted by molar-refractivity contribution is 0.0542. The predicted molar refractivity (Wildman–Crippen MR) is 122 cm³/mol. The zero-order valence-electron chi connectivity index (χ0n) is 19.3. The van der Waals surface area contributed by atoms with Crippen molar-refractivity contribution in [2.24, 2.45) is 0 Å². The Bertz CT molecular complexity index is 551. The summed E-state index contributed by atoms with van der Waals surface area (Å²) in [5.74, 6) is 7.54. The summed E-state index contributed by atoms with van der Waals surface area (Å²) in [4.78, 5) is 0. The number of aliphatic hydroxyl groups excluding tert-OH is 1. The Morgan fingerprint density at radius 3 is 1.89 bits per heavy atom. The van der Waals surface area contributed by atoms with Crippen molar-refractivity contribution in [3.8, 4) is 24.2 Å². The second-order valence-electron chi connectivity index (χ2n) is 10.4. The predicted octanol–water partition coefficient (Wildman–Crippen LogP) is 5.57. The zero-order valence-corrected chi connectivity index (χ0v) is 21.3. The van der Waals surface area contributed by atoms with E-state index in [1.165, 1.54) is 0 Å². The van der Waals surface area contributed by atoms with Crippen LogP contribution in [0.1, 0.15) is 60.8 Å². The smallest absolute Gasteiger partial charge is 0.192 e. The molecule has 5 heteroatoms. The minimum atomic E-state index is -2.00. The van der Waals surface area contributed by atoms with Gasteiger partial charge in [-0.05, 0) is 67.4 Å². The first-order valence-corrected chi connectivity index (χ1v) is 15.8. The maximum absolute atomic E-state index is 10.5. The highest BCUT2D eigenvalue weighted by atomic mass is 28.4. The molecular weight excluding hydrogens is 368 g/mol. The fourth-order valence-corrected chi connectivity index (χ4v) is 4.48. The van der Waals surface area contributed by atoms with Crippen LogP contribution < -0.4 is 0 Å². The average Bonchev–Trinajstić information content (AvgIpc) is 2.48. The third-order valence-corrected chi connectivity index (χ3v) is 15.1. The molecule has 0 fully saturated rings. The van der Waals surface area contributed by atoms with E-state index in [4.69, 9.17) is 15.3 Å². The van der Waals surface area contributed by atoms with Crippen molar-refractivity contribution in [2.45, 2.75) is 109 Å². The van der Waals surface area contributed by atoms with E-state index >= 15 is 0 Å². The lowest BCUT2D eigenvalue weighted by Gasteiger charge is -2.40. The largest absolute Gasteiger partial charge is 0.417 e. The van der Waals surface area contributed by atoms with Crippen LogP contribution in [0.15, 0.2) is 0 Å². The summed E-state index contributed by atoms with van der Waals surface area (Å²) in [5.41, 5.74) is 0. The molecule has 27 heavy (non-hydrogen) atoms. The summed E-state index contributed by atoms with van der Waals surface area (Å²) >= 11 is 0. The van der Waals surface area contributed by atoms with E-state index in [1.54, 1.807) is 0 Å². The first-order chi connectivity index (χ1) is 12.0. The van der Waals surface area contributed by atoms with Crippen LogP contribution in [0.2, 0.25) is 36.3 Å². The first kappa shape index (κ1) is 26.4.